The quantitative estimate of drug-likeness (QED) is 0.102. The second-order valence-electron chi connectivity index (χ2n) is 8.48. The number of carbonyl (C=O) groups is 4. The van der Waals surface area contributed by atoms with Crippen LogP contribution >= 0.6 is 34.8 Å². The minimum Gasteiger partial charge on any atom is -0.423 e. The second kappa shape index (κ2) is 14.3. The number of rotatable bonds is 9. The van der Waals surface area contributed by atoms with Gasteiger partial charge in [-0.1, -0.05) is 34.8 Å². The highest BCUT2D eigenvalue weighted by atomic mass is 35.5. The monoisotopic (exact) mass is 623 g/mol. The lowest BCUT2D eigenvalue weighted by atomic mass is 10.2. The van der Waals surface area contributed by atoms with Gasteiger partial charge >= 0.3 is 11.9 Å². The third kappa shape index (κ3) is 8.65. The Morgan fingerprint density at radius 2 is 1.17 bits per heavy atom. The van der Waals surface area contributed by atoms with Crippen LogP contribution in [0.15, 0.2) is 96.1 Å². The molecule has 0 aromatic heterocycles. The highest BCUT2D eigenvalue weighted by Gasteiger charge is 2.15. The smallest absolute Gasteiger partial charge is 0.343 e. The van der Waals surface area contributed by atoms with Crippen molar-refractivity contribution in [2.45, 2.75) is 0 Å². The van der Waals surface area contributed by atoms with Crippen molar-refractivity contribution >= 4 is 64.8 Å². The summed E-state index contributed by atoms with van der Waals surface area (Å²) in [5.41, 5.74) is 3.37. The number of nitrogens with one attached hydrogen (secondary N) is 2. The number of hydrogen-bond acceptors (Lipinski definition) is 7. The van der Waals surface area contributed by atoms with Crippen molar-refractivity contribution in [3.05, 3.63) is 128 Å². The van der Waals surface area contributed by atoms with E-state index in [1.165, 1.54) is 72.9 Å². The molecule has 0 spiro atoms. The molecule has 0 aliphatic carbocycles. The number of benzene rings is 4. The minimum atomic E-state index is -0.712. The maximum absolute atomic E-state index is 12.8. The lowest BCUT2D eigenvalue weighted by Gasteiger charge is -2.11. The molecule has 42 heavy (non-hydrogen) atoms. The maximum atomic E-state index is 12.8. The average Bonchev–Trinajstić information content (AvgIpc) is 2.98. The molecule has 212 valence electrons. The Bertz CT molecular complexity index is 1640. The molecule has 0 heterocycles. The molecule has 0 radical (unpaired) electrons. The highest BCUT2D eigenvalue weighted by Crippen LogP contribution is 2.26. The predicted octanol–water partition coefficient (Wildman–Crippen LogP) is 5.97. The summed E-state index contributed by atoms with van der Waals surface area (Å²) in [6.07, 6.45) is 1.23. The zero-order chi connectivity index (χ0) is 30.1. The van der Waals surface area contributed by atoms with E-state index in [4.69, 9.17) is 44.3 Å². The fourth-order valence-corrected chi connectivity index (χ4v) is 3.73. The number of amides is 2. The van der Waals surface area contributed by atoms with Gasteiger partial charge in [0.25, 0.3) is 11.8 Å². The molecule has 0 aliphatic rings. The normalized spacial score (nSPS) is 10.6. The second-order valence-corrected chi connectivity index (χ2v) is 9.78. The first-order valence-corrected chi connectivity index (χ1v) is 13.3. The van der Waals surface area contributed by atoms with Crippen LogP contribution in [0, 0.1) is 0 Å². The Labute approximate surface area is 255 Å². The molecule has 2 amide bonds. The number of ether oxygens (including phenoxy) is 2. The number of halogens is 3. The van der Waals surface area contributed by atoms with E-state index >= 15 is 0 Å². The molecule has 12 heteroatoms. The van der Waals surface area contributed by atoms with Crippen LogP contribution in [0.1, 0.15) is 36.6 Å². The molecule has 0 unspecified atom stereocenters. The molecule has 0 atom stereocenters. The summed E-state index contributed by atoms with van der Waals surface area (Å²) in [6.45, 7) is -0.350. The van der Waals surface area contributed by atoms with Crippen LogP contribution in [0.3, 0.4) is 0 Å². The Kier molecular flexibility index (Phi) is 10.3. The largest absolute Gasteiger partial charge is 0.423 e. The van der Waals surface area contributed by atoms with Gasteiger partial charge in [0.1, 0.15) is 11.5 Å². The van der Waals surface area contributed by atoms with Gasteiger partial charge in [-0.2, -0.15) is 5.10 Å². The molecule has 0 saturated heterocycles. The summed E-state index contributed by atoms with van der Waals surface area (Å²) in [5.74, 6) is -2.37. The number of hydrogen-bond donors (Lipinski definition) is 2. The van der Waals surface area contributed by atoms with Gasteiger partial charge in [-0.05, 0) is 84.9 Å². The van der Waals surface area contributed by atoms with E-state index in [-0.39, 0.29) is 34.7 Å². The van der Waals surface area contributed by atoms with Crippen LogP contribution in [0.4, 0.5) is 0 Å². The van der Waals surface area contributed by atoms with Gasteiger partial charge < -0.3 is 14.8 Å². The topological polar surface area (TPSA) is 123 Å². The van der Waals surface area contributed by atoms with Gasteiger partial charge in [0.2, 0.25) is 0 Å². The number of hydrazone groups is 1. The summed E-state index contributed by atoms with van der Waals surface area (Å²) >= 11 is 17.6. The van der Waals surface area contributed by atoms with E-state index in [9.17, 15) is 19.2 Å². The Hall–Kier alpha value is -4.70. The average molecular weight is 625 g/mol. The lowest BCUT2D eigenvalue weighted by Crippen LogP contribution is -2.34. The van der Waals surface area contributed by atoms with Crippen molar-refractivity contribution < 1.29 is 28.7 Å². The molecule has 0 bridgehead atoms. The van der Waals surface area contributed by atoms with E-state index in [2.05, 4.69) is 15.8 Å². The number of esters is 2. The molecular formula is C30H20Cl3N3O6. The van der Waals surface area contributed by atoms with Crippen molar-refractivity contribution in [3.63, 3.8) is 0 Å². The third-order valence-electron chi connectivity index (χ3n) is 5.47. The minimum absolute atomic E-state index is 0.00889. The molecular weight excluding hydrogens is 605 g/mol. The van der Waals surface area contributed by atoms with E-state index in [1.807, 2.05) is 0 Å². The first-order chi connectivity index (χ1) is 20.2. The fourth-order valence-electron chi connectivity index (χ4n) is 3.35. The number of nitrogens with zero attached hydrogens (tertiary/aromatic N) is 1. The molecule has 4 aromatic rings. The van der Waals surface area contributed by atoms with Crippen LogP contribution in [0.25, 0.3) is 0 Å². The van der Waals surface area contributed by atoms with Gasteiger partial charge in [0, 0.05) is 32.3 Å². The van der Waals surface area contributed by atoms with Crippen LogP contribution in [-0.4, -0.2) is 36.5 Å². The molecule has 4 rings (SSSR count). The zero-order valence-electron chi connectivity index (χ0n) is 21.5. The van der Waals surface area contributed by atoms with Gasteiger partial charge in [-0.3, -0.25) is 9.59 Å². The molecule has 4 aromatic carbocycles. The van der Waals surface area contributed by atoms with Gasteiger partial charge in [-0.15, -0.1) is 0 Å². The Balaban J connectivity index is 1.46. The fraction of sp³-hybridized carbons (Fsp3) is 0.0333. The third-order valence-corrected chi connectivity index (χ3v) is 6.22. The van der Waals surface area contributed by atoms with Crippen LogP contribution in [-0.2, 0) is 4.79 Å². The first-order valence-electron chi connectivity index (χ1n) is 12.1. The van der Waals surface area contributed by atoms with Crippen LogP contribution in [0.5, 0.6) is 11.5 Å². The van der Waals surface area contributed by atoms with Gasteiger partial charge in [0.05, 0.1) is 23.9 Å². The summed E-state index contributed by atoms with van der Waals surface area (Å²) in [4.78, 5) is 49.7. The van der Waals surface area contributed by atoms with Gasteiger partial charge in [0.15, 0.2) is 0 Å². The molecule has 9 nitrogen and oxygen atoms in total. The highest BCUT2D eigenvalue weighted by molar-refractivity contribution is 6.31. The van der Waals surface area contributed by atoms with Crippen LogP contribution < -0.4 is 20.2 Å². The van der Waals surface area contributed by atoms with Crippen molar-refractivity contribution in [1.82, 2.24) is 10.7 Å². The molecule has 2 N–H and O–H groups in total. The predicted molar refractivity (Wildman–Crippen MR) is 159 cm³/mol. The maximum Gasteiger partial charge on any atom is 0.343 e. The summed E-state index contributed by atoms with van der Waals surface area (Å²) in [6, 6.07) is 22.6. The number of carbonyl (C=O) groups excluding carboxylic acids is 4. The Morgan fingerprint density at radius 3 is 1.71 bits per heavy atom. The van der Waals surface area contributed by atoms with Gasteiger partial charge in [-0.25, -0.2) is 15.0 Å². The van der Waals surface area contributed by atoms with E-state index < -0.39 is 23.8 Å². The summed E-state index contributed by atoms with van der Waals surface area (Å²) in [5, 5.41) is 7.72. The van der Waals surface area contributed by atoms with Crippen LogP contribution in [0.2, 0.25) is 15.1 Å². The van der Waals surface area contributed by atoms with Crippen molar-refractivity contribution in [2.75, 3.05) is 6.54 Å². The molecule has 0 fully saturated rings. The standard InChI is InChI=1S/C30H20Cl3N3O6/c31-22-8-1-18(2-9-22)28(38)34-17-27(37)36-35-16-21-7-14-25(41-29(39)19-3-10-23(32)11-4-19)15-26(21)42-30(40)20-5-12-24(33)13-6-20/h1-16H,17H2,(H,34,38)(H,36,37)/b35-16+. The first kappa shape index (κ1) is 30.3. The van der Waals surface area contributed by atoms with E-state index in [0.29, 0.717) is 20.6 Å². The van der Waals surface area contributed by atoms with Crippen molar-refractivity contribution in [2.24, 2.45) is 5.10 Å². The summed E-state index contributed by atoms with van der Waals surface area (Å²) < 4.78 is 11.0. The zero-order valence-corrected chi connectivity index (χ0v) is 23.7. The molecule has 0 saturated carbocycles. The van der Waals surface area contributed by atoms with E-state index in [1.54, 1.807) is 24.3 Å². The van der Waals surface area contributed by atoms with E-state index in [0.717, 1.165) is 0 Å². The molecule has 0 aliphatic heterocycles. The van der Waals surface area contributed by atoms with Crippen molar-refractivity contribution in [1.29, 1.82) is 0 Å². The summed E-state index contributed by atoms with van der Waals surface area (Å²) in [7, 11) is 0. The lowest BCUT2D eigenvalue weighted by molar-refractivity contribution is -0.120. The van der Waals surface area contributed by atoms with Crippen molar-refractivity contribution in [3.8, 4) is 11.5 Å². The SMILES string of the molecule is O=C(CNC(=O)c1ccc(Cl)cc1)N/N=C/c1ccc(OC(=O)c2ccc(Cl)cc2)cc1OC(=O)c1ccc(Cl)cc1. The Morgan fingerprint density at radius 1 is 0.667 bits per heavy atom.